The minimum Gasteiger partial charge on any atom is -0.484 e. The van der Waals surface area contributed by atoms with Crippen molar-refractivity contribution in [3.8, 4) is 11.4 Å². The highest BCUT2D eigenvalue weighted by Gasteiger charge is 2.40. The predicted molar refractivity (Wildman–Crippen MR) is 148 cm³/mol. The smallest absolute Gasteiger partial charge is 0.261 e. The summed E-state index contributed by atoms with van der Waals surface area (Å²) in [5.74, 6) is 0.168. The first-order valence-electron chi connectivity index (χ1n) is 12.5. The van der Waals surface area contributed by atoms with Crippen LogP contribution in [0.4, 0.5) is 5.69 Å². The van der Waals surface area contributed by atoms with Crippen molar-refractivity contribution in [3.63, 3.8) is 0 Å². The Hall–Kier alpha value is -3.74. The fourth-order valence-corrected chi connectivity index (χ4v) is 5.37. The lowest BCUT2D eigenvalue weighted by molar-refractivity contribution is -0.137. The summed E-state index contributed by atoms with van der Waals surface area (Å²) in [7, 11) is 0. The molecular weight excluding hydrogens is 521 g/mol. The zero-order valence-electron chi connectivity index (χ0n) is 20.5. The van der Waals surface area contributed by atoms with E-state index in [9.17, 15) is 9.59 Å². The monoisotopic (exact) mass is 545 g/mol. The molecule has 0 radical (unpaired) electrons. The summed E-state index contributed by atoms with van der Waals surface area (Å²) in [6, 6.07) is 25.9. The molecule has 1 fully saturated rings. The number of carbonyl (C=O) groups is 2. The normalized spacial score (nSPS) is 15.9. The second-order valence-electron chi connectivity index (χ2n) is 9.51. The van der Waals surface area contributed by atoms with E-state index < -0.39 is 6.04 Å². The van der Waals surface area contributed by atoms with Crippen LogP contribution < -0.4 is 9.64 Å². The van der Waals surface area contributed by atoms with Gasteiger partial charge in [0.15, 0.2) is 6.61 Å². The Morgan fingerprint density at radius 2 is 1.63 bits per heavy atom. The molecule has 1 aliphatic carbocycles. The molecule has 1 atom stereocenters. The molecule has 2 aliphatic rings. The number of amides is 2. The zero-order chi connectivity index (χ0) is 26.2. The predicted octanol–water partition coefficient (Wildman–Crippen LogP) is 6.29. The number of halogens is 2. The molecule has 192 valence electrons. The number of nitrogens with zero attached hydrogens (tertiary/aromatic N) is 3. The summed E-state index contributed by atoms with van der Waals surface area (Å²) in [5, 5.41) is 1.19. The van der Waals surface area contributed by atoms with Crippen molar-refractivity contribution in [2.75, 3.05) is 18.1 Å². The second-order valence-corrected chi connectivity index (χ2v) is 10.4. The van der Waals surface area contributed by atoms with E-state index in [4.69, 9.17) is 27.9 Å². The Bertz CT molecular complexity index is 1500. The Morgan fingerprint density at radius 3 is 2.37 bits per heavy atom. The van der Waals surface area contributed by atoms with E-state index >= 15 is 0 Å². The standard InChI is InChI=1S/C30H25Cl2N3O3/c31-21-10-14-24(15-11-21)38-19-29(37)34(23-12-13-23)18-28(36)35-26-8-2-1-7-25(26)33-16-4-9-27(33)30(35)20-5-3-6-22(32)17-20/h1-11,14-17,23,30H,12-13,18-19H2/t30-/m0/s1. The van der Waals surface area contributed by atoms with Crippen LogP contribution in [0.25, 0.3) is 5.69 Å². The van der Waals surface area contributed by atoms with Gasteiger partial charge in [-0.2, -0.15) is 0 Å². The average Bonchev–Trinajstić information content (AvgIpc) is 3.65. The molecule has 2 heterocycles. The lowest BCUT2D eigenvalue weighted by atomic mass is 9.97. The molecule has 1 aliphatic heterocycles. The van der Waals surface area contributed by atoms with Crippen LogP contribution >= 0.6 is 23.2 Å². The first kappa shape index (κ1) is 24.6. The van der Waals surface area contributed by atoms with Crippen LogP contribution in [0.2, 0.25) is 10.0 Å². The summed E-state index contributed by atoms with van der Waals surface area (Å²) in [6.07, 6.45) is 3.75. The van der Waals surface area contributed by atoms with E-state index in [0.717, 1.165) is 35.5 Å². The molecule has 0 N–H and O–H groups in total. The van der Waals surface area contributed by atoms with Crippen LogP contribution in [0.1, 0.15) is 30.1 Å². The molecule has 0 bridgehead atoms. The highest BCUT2D eigenvalue weighted by molar-refractivity contribution is 6.30. The van der Waals surface area contributed by atoms with Gasteiger partial charge in [-0.05, 0) is 79.1 Å². The molecule has 0 spiro atoms. The van der Waals surface area contributed by atoms with Crippen LogP contribution in [-0.2, 0) is 9.59 Å². The molecule has 38 heavy (non-hydrogen) atoms. The summed E-state index contributed by atoms with van der Waals surface area (Å²) >= 11 is 12.3. The van der Waals surface area contributed by atoms with Crippen LogP contribution in [0.5, 0.6) is 5.75 Å². The number of ether oxygens (including phenoxy) is 1. The first-order chi connectivity index (χ1) is 18.5. The maximum absolute atomic E-state index is 14.2. The van der Waals surface area contributed by atoms with E-state index in [1.54, 1.807) is 34.1 Å². The topological polar surface area (TPSA) is 54.8 Å². The third-order valence-electron chi connectivity index (χ3n) is 6.94. The molecule has 6 rings (SSSR count). The van der Waals surface area contributed by atoms with Crippen molar-refractivity contribution in [2.24, 2.45) is 0 Å². The third-order valence-corrected chi connectivity index (χ3v) is 7.43. The molecular formula is C30H25Cl2N3O3. The first-order valence-corrected chi connectivity index (χ1v) is 13.3. The van der Waals surface area contributed by atoms with Gasteiger partial charge >= 0.3 is 0 Å². The number of fused-ring (bicyclic) bond motifs is 3. The van der Waals surface area contributed by atoms with E-state index in [1.165, 1.54) is 0 Å². The quantitative estimate of drug-likeness (QED) is 0.274. The third kappa shape index (κ3) is 4.77. The molecule has 1 saturated carbocycles. The fourth-order valence-electron chi connectivity index (χ4n) is 5.04. The number of benzene rings is 3. The zero-order valence-corrected chi connectivity index (χ0v) is 22.0. The Balaban J connectivity index is 1.31. The van der Waals surface area contributed by atoms with Crippen molar-refractivity contribution in [1.29, 1.82) is 0 Å². The van der Waals surface area contributed by atoms with Crippen molar-refractivity contribution in [2.45, 2.75) is 24.9 Å². The minimum absolute atomic E-state index is 0.0359. The van der Waals surface area contributed by atoms with Gasteiger partial charge in [0.1, 0.15) is 18.3 Å². The van der Waals surface area contributed by atoms with Gasteiger partial charge in [0.25, 0.3) is 5.91 Å². The van der Waals surface area contributed by atoms with Gasteiger partial charge < -0.3 is 14.2 Å². The van der Waals surface area contributed by atoms with Gasteiger partial charge in [0, 0.05) is 22.3 Å². The Morgan fingerprint density at radius 1 is 0.868 bits per heavy atom. The maximum atomic E-state index is 14.2. The summed E-state index contributed by atoms with van der Waals surface area (Å²) in [4.78, 5) is 30.9. The number of carbonyl (C=O) groups excluding carboxylic acids is 2. The van der Waals surface area contributed by atoms with E-state index in [0.29, 0.717) is 15.8 Å². The number of aromatic nitrogens is 1. The van der Waals surface area contributed by atoms with E-state index in [2.05, 4.69) is 4.57 Å². The van der Waals surface area contributed by atoms with Crippen molar-refractivity contribution in [1.82, 2.24) is 9.47 Å². The molecule has 1 aromatic heterocycles. The number of para-hydroxylation sites is 2. The summed E-state index contributed by atoms with van der Waals surface area (Å²) in [5.41, 5.74) is 3.55. The lowest BCUT2D eigenvalue weighted by Crippen LogP contribution is -2.48. The molecule has 6 nitrogen and oxygen atoms in total. The van der Waals surface area contributed by atoms with Crippen LogP contribution in [0.15, 0.2) is 91.1 Å². The Kier molecular flexibility index (Phi) is 6.60. The van der Waals surface area contributed by atoms with E-state index in [-0.39, 0.29) is 31.0 Å². The second kappa shape index (κ2) is 10.2. The number of rotatable bonds is 7. The summed E-state index contributed by atoms with van der Waals surface area (Å²) in [6.45, 7) is -0.192. The van der Waals surface area contributed by atoms with Gasteiger partial charge in [-0.15, -0.1) is 0 Å². The van der Waals surface area contributed by atoms with Gasteiger partial charge in [-0.3, -0.25) is 14.5 Å². The van der Waals surface area contributed by atoms with Crippen molar-refractivity contribution in [3.05, 3.63) is 112 Å². The number of hydrogen-bond acceptors (Lipinski definition) is 3. The maximum Gasteiger partial charge on any atom is 0.261 e. The molecule has 2 amide bonds. The van der Waals surface area contributed by atoms with Gasteiger partial charge in [-0.25, -0.2) is 0 Å². The Labute approximate surface area is 230 Å². The van der Waals surface area contributed by atoms with Crippen LogP contribution in [-0.4, -0.2) is 40.5 Å². The number of hydrogen-bond donors (Lipinski definition) is 0. The largest absolute Gasteiger partial charge is 0.484 e. The highest BCUT2D eigenvalue weighted by atomic mass is 35.5. The average molecular weight is 546 g/mol. The van der Waals surface area contributed by atoms with Gasteiger partial charge in [0.05, 0.1) is 17.1 Å². The van der Waals surface area contributed by atoms with Gasteiger partial charge in [-0.1, -0.05) is 47.5 Å². The molecule has 8 heteroatoms. The van der Waals surface area contributed by atoms with Crippen LogP contribution in [0, 0.1) is 0 Å². The molecule has 0 saturated heterocycles. The van der Waals surface area contributed by atoms with Gasteiger partial charge in [0.2, 0.25) is 5.91 Å². The SMILES string of the molecule is O=C(COc1ccc(Cl)cc1)N(CC(=O)N1c2ccccc2-n2cccc2[C@@H]1c1cccc(Cl)c1)C1CC1. The van der Waals surface area contributed by atoms with Crippen molar-refractivity contribution >= 4 is 40.7 Å². The van der Waals surface area contributed by atoms with Crippen LogP contribution in [0.3, 0.4) is 0 Å². The lowest BCUT2D eigenvalue weighted by Gasteiger charge is -2.39. The summed E-state index contributed by atoms with van der Waals surface area (Å²) < 4.78 is 7.82. The fraction of sp³-hybridized carbons (Fsp3) is 0.200. The molecule has 4 aromatic rings. The van der Waals surface area contributed by atoms with Crippen molar-refractivity contribution < 1.29 is 14.3 Å². The van der Waals surface area contributed by atoms with E-state index in [1.807, 2.05) is 66.9 Å². The minimum atomic E-state index is -0.396. The molecule has 0 unspecified atom stereocenters. The highest BCUT2D eigenvalue weighted by Crippen LogP contribution is 2.43. The number of anilines is 1. The molecule has 3 aromatic carbocycles.